The number of nitrogens with zero attached hydrogens (tertiary/aromatic N) is 5. The monoisotopic (exact) mass is 541 g/mol. The number of benzene rings is 1. The lowest BCUT2D eigenvalue weighted by molar-refractivity contribution is 0.177. The van der Waals surface area contributed by atoms with Crippen molar-refractivity contribution >= 4 is 29.9 Å². The van der Waals surface area contributed by atoms with Gasteiger partial charge in [-0.3, -0.25) is 4.99 Å². The second-order valence-electron chi connectivity index (χ2n) is 7.97. The molecular formula is C22H36IN7O. The van der Waals surface area contributed by atoms with E-state index >= 15 is 0 Å². The molecule has 3 rings (SSSR count). The van der Waals surface area contributed by atoms with Crippen LogP contribution in [0.2, 0.25) is 0 Å². The highest BCUT2D eigenvalue weighted by atomic mass is 127. The number of nitrogens with one attached hydrogen (secondary N) is 2. The lowest BCUT2D eigenvalue weighted by Crippen LogP contribution is -2.47. The van der Waals surface area contributed by atoms with Crippen molar-refractivity contribution in [2.24, 2.45) is 4.99 Å². The first kappa shape index (κ1) is 25.5. The van der Waals surface area contributed by atoms with Crippen LogP contribution in [-0.2, 0) is 30.7 Å². The number of ether oxygens (including phenoxy) is 1. The average Bonchev–Trinajstić information content (AvgIpc) is 3.13. The van der Waals surface area contributed by atoms with E-state index in [4.69, 9.17) is 9.73 Å². The van der Waals surface area contributed by atoms with Crippen LogP contribution in [0.3, 0.4) is 0 Å². The smallest absolute Gasteiger partial charge is 0.191 e. The fraction of sp³-hybridized carbons (Fsp3) is 0.591. The van der Waals surface area contributed by atoms with Crippen molar-refractivity contribution in [2.45, 2.75) is 51.4 Å². The van der Waals surface area contributed by atoms with Gasteiger partial charge in [0.1, 0.15) is 12.4 Å². The Hall–Kier alpha value is -1.72. The molecule has 2 unspecified atom stereocenters. The maximum atomic E-state index is 5.16. The average molecular weight is 541 g/mol. The Morgan fingerprint density at radius 1 is 1.32 bits per heavy atom. The summed E-state index contributed by atoms with van der Waals surface area (Å²) in [5, 5.41) is 11.6. The summed E-state index contributed by atoms with van der Waals surface area (Å²) in [7, 11) is 5.91. The summed E-state index contributed by atoms with van der Waals surface area (Å²) in [6, 6.07) is 11.2. The van der Waals surface area contributed by atoms with Gasteiger partial charge in [0.25, 0.3) is 0 Å². The third-order valence-corrected chi connectivity index (χ3v) is 5.37. The van der Waals surface area contributed by atoms with Gasteiger partial charge in [-0.1, -0.05) is 30.3 Å². The molecule has 0 bridgehead atoms. The van der Waals surface area contributed by atoms with Crippen LogP contribution in [0, 0.1) is 0 Å². The van der Waals surface area contributed by atoms with E-state index in [0.717, 1.165) is 56.5 Å². The van der Waals surface area contributed by atoms with Gasteiger partial charge in [-0.05, 0) is 39.4 Å². The van der Waals surface area contributed by atoms with Gasteiger partial charge in [-0.15, -0.1) is 24.0 Å². The molecule has 9 heteroatoms. The van der Waals surface area contributed by atoms with E-state index in [-0.39, 0.29) is 30.0 Å². The summed E-state index contributed by atoms with van der Waals surface area (Å²) < 4.78 is 7.16. The molecule has 0 saturated heterocycles. The SMILES string of the molecule is CCNC(=NCC(Cc1ccccc1)N(C)C)NC1CCc2nc(COC)nn2C1.I. The molecule has 2 N–H and O–H groups in total. The fourth-order valence-corrected chi connectivity index (χ4v) is 3.68. The summed E-state index contributed by atoms with van der Waals surface area (Å²) in [4.78, 5) is 11.7. The van der Waals surface area contributed by atoms with Crippen molar-refractivity contribution in [3.63, 3.8) is 0 Å². The van der Waals surface area contributed by atoms with Crippen LogP contribution in [0.4, 0.5) is 0 Å². The molecular weight excluding hydrogens is 505 g/mol. The molecule has 1 aromatic heterocycles. The van der Waals surface area contributed by atoms with Gasteiger partial charge in [-0.25, -0.2) is 9.67 Å². The number of aromatic nitrogens is 3. The number of guanidine groups is 1. The molecule has 172 valence electrons. The van der Waals surface area contributed by atoms with Crippen LogP contribution in [0.15, 0.2) is 35.3 Å². The largest absolute Gasteiger partial charge is 0.377 e. The molecule has 1 aliphatic rings. The molecule has 2 atom stereocenters. The number of rotatable bonds is 9. The van der Waals surface area contributed by atoms with Crippen LogP contribution in [0.1, 0.15) is 30.6 Å². The zero-order valence-electron chi connectivity index (χ0n) is 19.0. The van der Waals surface area contributed by atoms with E-state index in [1.807, 2.05) is 4.68 Å². The lowest BCUT2D eigenvalue weighted by Gasteiger charge is -2.27. The number of fused-ring (bicyclic) bond motifs is 1. The molecule has 0 radical (unpaired) electrons. The Bertz CT molecular complexity index is 809. The van der Waals surface area contributed by atoms with Gasteiger partial charge in [-0.2, -0.15) is 5.10 Å². The maximum Gasteiger partial charge on any atom is 0.191 e. The lowest BCUT2D eigenvalue weighted by atomic mass is 10.1. The van der Waals surface area contributed by atoms with E-state index in [2.05, 4.69) is 77.0 Å². The Kier molecular flexibility index (Phi) is 10.7. The molecule has 2 heterocycles. The third-order valence-electron chi connectivity index (χ3n) is 5.37. The minimum atomic E-state index is 0. The van der Waals surface area contributed by atoms with Crippen LogP contribution < -0.4 is 10.6 Å². The first-order valence-electron chi connectivity index (χ1n) is 10.8. The topological polar surface area (TPSA) is 79.6 Å². The van der Waals surface area contributed by atoms with Gasteiger partial charge in [0.2, 0.25) is 0 Å². The van der Waals surface area contributed by atoms with Crippen LogP contribution in [0.5, 0.6) is 0 Å². The molecule has 0 aliphatic carbocycles. The first-order valence-corrected chi connectivity index (χ1v) is 10.8. The summed E-state index contributed by atoms with van der Waals surface area (Å²) in [5.41, 5.74) is 1.34. The van der Waals surface area contributed by atoms with E-state index in [9.17, 15) is 0 Å². The number of aliphatic imine (C=N–C) groups is 1. The van der Waals surface area contributed by atoms with Crippen molar-refractivity contribution in [2.75, 3.05) is 34.3 Å². The molecule has 0 saturated carbocycles. The van der Waals surface area contributed by atoms with Gasteiger partial charge in [0.15, 0.2) is 11.8 Å². The van der Waals surface area contributed by atoms with Crippen molar-refractivity contribution < 1.29 is 4.74 Å². The Morgan fingerprint density at radius 2 is 2.10 bits per heavy atom. The van der Waals surface area contributed by atoms with Gasteiger partial charge in [0.05, 0.1) is 13.1 Å². The molecule has 2 aromatic rings. The number of hydrogen-bond acceptors (Lipinski definition) is 5. The minimum absolute atomic E-state index is 0. The summed E-state index contributed by atoms with van der Waals surface area (Å²) in [6.45, 7) is 4.90. The number of likely N-dealkylation sites (N-methyl/N-ethyl adjacent to an activating group) is 1. The molecule has 0 amide bonds. The second kappa shape index (κ2) is 13.0. The number of hydrogen-bond donors (Lipinski definition) is 2. The third kappa shape index (κ3) is 7.73. The predicted octanol–water partition coefficient (Wildman–Crippen LogP) is 2.09. The summed E-state index contributed by atoms with van der Waals surface area (Å²) in [6.07, 6.45) is 2.89. The van der Waals surface area contributed by atoms with Crippen LogP contribution in [0.25, 0.3) is 0 Å². The van der Waals surface area contributed by atoms with E-state index in [1.54, 1.807) is 7.11 Å². The normalized spacial score (nSPS) is 17.1. The number of aryl methyl sites for hydroxylation is 1. The Morgan fingerprint density at radius 3 is 2.77 bits per heavy atom. The van der Waals surface area contributed by atoms with Crippen LogP contribution >= 0.6 is 24.0 Å². The van der Waals surface area contributed by atoms with Crippen molar-refractivity contribution in [1.29, 1.82) is 0 Å². The molecule has 1 aliphatic heterocycles. The maximum absolute atomic E-state index is 5.16. The molecule has 31 heavy (non-hydrogen) atoms. The molecule has 8 nitrogen and oxygen atoms in total. The van der Waals surface area contributed by atoms with Crippen molar-refractivity contribution in [3.05, 3.63) is 47.5 Å². The predicted molar refractivity (Wildman–Crippen MR) is 135 cm³/mol. The summed E-state index contributed by atoms with van der Waals surface area (Å²) >= 11 is 0. The van der Waals surface area contributed by atoms with E-state index < -0.39 is 0 Å². The van der Waals surface area contributed by atoms with Crippen molar-refractivity contribution in [3.8, 4) is 0 Å². The second-order valence-corrected chi connectivity index (χ2v) is 7.97. The van der Waals surface area contributed by atoms with Crippen molar-refractivity contribution in [1.82, 2.24) is 30.3 Å². The Balaban J connectivity index is 0.00000341. The molecule has 0 fully saturated rings. The van der Waals surface area contributed by atoms with Gasteiger partial charge in [0, 0.05) is 32.2 Å². The highest BCUT2D eigenvalue weighted by molar-refractivity contribution is 14.0. The zero-order chi connectivity index (χ0) is 21.3. The molecule has 0 spiro atoms. The number of methoxy groups -OCH3 is 1. The quantitative estimate of drug-likeness (QED) is 0.288. The highest BCUT2D eigenvalue weighted by Crippen LogP contribution is 2.13. The summed E-state index contributed by atoms with van der Waals surface area (Å²) in [5.74, 6) is 2.66. The highest BCUT2D eigenvalue weighted by Gasteiger charge is 2.22. The van der Waals surface area contributed by atoms with Gasteiger partial charge < -0.3 is 20.3 Å². The van der Waals surface area contributed by atoms with E-state index in [1.165, 1.54) is 5.56 Å². The van der Waals surface area contributed by atoms with Gasteiger partial charge >= 0.3 is 0 Å². The molecule has 1 aromatic carbocycles. The van der Waals surface area contributed by atoms with E-state index in [0.29, 0.717) is 12.6 Å². The number of halogens is 1. The Labute approximate surface area is 202 Å². The van der Waals surface area contributed by atoms with Crippen LogP contribution in [-0.4, -0.2) is 72.0 Å². The standard InChI is InChI=1S/C22H35N7O.HI/c1-5-23-22(24-14-19(28(2)3)13-17-9-7-6-8-10-17)25-18-11-12-21-26-20(16-30-4)27-29(21)15-18;/h6-10,18-19H,5,11-16H2,1-4H3,(H2,23,24,25);1H. The fourth-order valence-electron chi connectivity index (χ4n) is 3.68. The first-order chi connectivity index (χ1) is 14.6. The zero-order valence-corrected chi connectivity index (χ0v) is 21.4. The minimum Gasteiger partial charge on any atom is -0.377 e.